The Hall–Kier alpha value is -1.60. The van der Waals surface area contributed by atoms with Crippen molar-refractivity contribution < 1.29 is 19.4 Å². The zero-order valence-corrected chi connectivity index (χ0v) is 14.0. The molecule has 2 rings (SSSR count). The smallest absolute Gasteiger partial charge is 0.303 e. The normalized spacial score (nSPS) is 10.4. The van der Waals surface area contributed by atoms with E-state index in [2.05, 4.69) is 20.9 Å². The van der Waals surface area contributed by atoms with Gasteiger partial charge in [-0.3, -0.25) is 4.79 Å². The summed E-state index contributed by atoms with van der Waals surface area (Å²) in [5, 5.41) is 11.4. The van der Waals surface area contributed by atoms with E-state index in [0.29, 0.717) is 17.9 Å². The molecule has 1 heterocycles. The molecule has 0 aliphatic heterocycles. The minimum atomic E-state index is -0.822. The summed E-state index contributed by atoms with van der Waals surface area (Å²) in [6.45, 7) is 0. The highest BCUT2D eigenvalue weighted by atomic mass is 79.9. The third-order valence-electron chi connectivity index (χ3n) is 2.85. The number of halogens is 1. The molecule has 0 bridgehead atoms. The quantitative estimate of drug-likeness (QED) is 0.839. The van der Waals surface area contributed by atoms with Crippen LogP contribution in [0.15, 0.2) is 22.0 Å². The maximum Gasteiger partial charge on any atom is 0.303 e. The van der Waals surface area contributed by atoms with Gasteiger partial charge in [0.2, 0.25) is 0 Å². The molecule has 112 valence electrons. The fourth-order valence-corrected chi connectivity index (χ4v) is 3.32. The Morgan fingerprint density at radius 1 is 1.33 bits per heavy atom. The fourth-order valence-electron chi connectivity index (χ4n) is 1.80. The second-order valence-corrected chi connectivity index (χ2v) is 5.94. The summed E-state index contributed by atoms with van der Waals surface area (Å²) in [5.74, 6) is 0.436. The zero-order chi connectivity index (χ0) is 15.4. The van der Waals surface area contributed by atoms with Crippen LogP contribution >= 0.6 is 27.3 Å². The maximum atomic E-state index is 10.6. The van der Waals surface area contributed by atoms with Crippen LogP contribution < -0.4 is 9.47 Å². The van der Waals surface area contributed by atoms with Crippen molar-refractivity contribution >= 4 is 33.2 Å². The monoisotopic (exact) mass is 371 g/mol. The zero-order valence-electron chi connectivity index (χ0n) is 11.6. The van der Waals surface area contributed by atoms with Gasteiger partial charge in [-0.05, 0) is 28.1 Å². The van der Waals surface area contributed by atoms with Gasteiger partial charge in [-0.1, -0.05) is 0 Å². The van der Waals surface area contributed by atoms with Gasteiger partial charge in [0.05, 0.1) is 26.3 Å². The second kappa shape index (κ2) is 6.91. The molecular weight excluding hydrogens is 358 g/mol. The van der Waals surface area contributed by atoms with Crippen LogP contribution in [-0.2, 0) is 11.2 Å². The Kier molecular flexibility index (Phi) is 5.19. The summed E-state index contributed by atoms with van der Waals surface area (Å²) < 4.78 is 11.4. The van der Waals surface area contributed by atoms with E-state index in [-0.39, 0.29) is 6.42 Å². The van der Waals surface area contributed by atoms with Crippen LogP contribution in [0.4, 0.5) is 0 Å². The van der Waals surface area contributed by atoms with Gasteiger partial charge < -0.3 is 14.6 Å². The average molecular weight is 372 g/mol. The number of rotatable bonds is 6. The number of hydrogen-bond donors (Lipinski definition) is 1. The van der Waals surface area contributed by atoms with Crippen LogP contribution in [0.1, 0.15) is 12.1 Å². The molecule has 0 fully saturated rings. The number of ether oxygens (including phenoxy) is 2. The van der Waals surface area contributed by atoms with Crippen LogP contribution in [0, 0.1) is 0 Å². The number of carboxylic acid groups (broad SMARTS) is 1. The van der Waals surface area contributed by atoms with Crippen molar-refractivity contribution in [1.29, 1.82) is 0 Å². The molecule has 0 saturated heterocycles. The van der Waals surface area contributed by atoms with Crippen LogP contribution in [0.2, 0.25) is 0 Å². The Bertz CT molecular complexity index is 656. The lowest BCUT2D eigenvalue weighted by molar-refractivity contribution is -0.136. The Balaban J connectivity index is 2.31. The predicted molar refractivity (Wildman–Crippen MR) is 84.3 cm³/mol. The lowest BCUT2D eigenvalue weighted by Crippen LogP contribution is -1.97. The van der Waals surface area contributed by atoms with Crippen LogP contribution in [0.25, 0.3) is 10.6 Å². The second-order valence-electron chi connectivity index (χ2n) is 4.22. The first-order chi connectivity index (χ1) is 10.0. The Morgan fingerprint density at radius 3 is 2.62 bits per heavy atom. The molecule has 1 aromatic carbocycles. The third-order valence-corrected chi connectivity index (χ3v) is 4.43. The van der Waals surface area contributed by atoms with Crippen LogP contribution in [-0.4, -0.2) is 30.3 Å². The minimum absolute atomic E-state index is 0.0796. The lowest BCUT2D eigenvalue weighted by Gasteiger charge is -2.10. The van der Waals surface area contributed by atoms with E-state index in [1.54, 1.807) is 14.2 Å². The molecule has 0 radical (unpaired) electrons. The number of aromatic nitrogens is 1. The number of carbonyl (C=O) groups is 1. The SMILES string of the molecule is COc1cc(Br)c(-c2nc(CCC(=O)O)cs2)cc1OC. The molecule has 0 saturated carbocycles. The molecule has 0 unspecified atom stereocenters. The lowest BCUT2D eigenvalue weighted by atomic mass is 10.2. The first-order valence-corrected chi connectivity index (χ1v) is 7.80. The average Bonchev–Trinajstić information content (AvgIpc) is 2.93. The van der Waals surface area contributed by atoms with Gasteiger partial charge in [0.15, 0.2) is 11.5 Å². The highest BCUT2D eigenvalue weighted by molar-refractivity contribution is 9.10. The van der Waals surface area contributed by atoms with Gasteiger partial charge in [-0.25, -0.2) is 4.98 Å². The standard InChI is InChI=1S/C14H14BrNO4S/c1-19-11-5-9(10(15)6-12(11)20-2)14-16-8(7-21-14)3-4-13(17)18/h5-7H,3-4H2,1-2H3,(H,17,18). The number of aryl methyl sites for hydroxylation is 1. The summed E-state index contributed by atoms with van der Waals surface area (Å²) in [4.78, 5) is 15.1. The number of carboxylic acids is 1. The first kappa shape index (κ1) is 15.8. The molecule has 2 aromatic rings. The minimum Gasteiger partial charge on any atom is -0.493 e. The van der Waals surface area contributed by atoms with Crippen molar-refractivity contribution in [3.05, 3.63) is 27.7 Å². The summed E-state index contributed by atoms with van der Waals surface area (Å²) in [6, 6.07) is 3.68. The topological polar surface area (TPSA) is 68.7 Å². The number of nitrogens with zero attached hydrogens (tertiary/aromatic N) is 1. The van der Waals surface area contributed by atoms with Gasteiger partial charge in [0.1, 0.15) is 5.01 Å². The summed E-state index contributed by atoms with van der Waals surface area (Å²) in [6.07, 6.45) is 0.507. The number of thiazole rings is 1. The van der Waals surface area contributed by atoms with Gasteiger partial charge in [-0.15, -0.1) is 11.3 Å². The predicted octanol–water partition coefficient (Wildman–Crippen LogP) is 3.61. The van der Waals surface area contributed by atoms with E-state index < -0.39 is 5.97 Å². The van der Waals surface area contributed by atoms with Crippen molar-refractivity contribution in [2.45, 2.75) is 12.8 Å². The highest BCUT2D eigenvalue weighted by Gasteiger charge is 2.14. The first-order valence-electron chi connectivity index (χ1n) is 6.13. The number of hydrogen-bond acceptors (Lipinski definition) is 5. The van der Waals surface area contributed by atoms with Crippen LogP contribution in [0.3, 0.4) is 0 Å². The molecule has 0 aliphatic rings. The Labute approximate surface area is 134 Å². The fraction of sp³-hybridized carbons (Fsp3) is 0.286. The van der Waals surface area contributed by atoms with E-state index in [9.17, 15) is 4.79 Å². The van der Waals surface area contributed by atoms with Crippen LogP contribution in [0.5, 0.6) is 11.5 Å². The third kappa shape index (κ3) is 3.74. The van der Waals surface area contributed by atoms with E-state index in [0.717, 1.165) is 20.7 Å². The molecular formula is C14H14BrNO4S. The largest absolute Gasteiger partial charge is 0.493 e. The highest BCUT2D eigenvalue weighted by Crippen LogP contribution is 2.39. The molecule has 7 heteroatoms. The molecule has 5 nitrogen and oxygen atoms in total. The van der Waals surface area contributed by atoms with Crippen molar-refractivity contribution in [2.24, 2.45) is 0 Å². The molecule has 21 heavy (non-hydrogen) atoms. The number of methoxy groups -OCH3 is 2. The van der Waals surface area contributed by atoms with Gasteiger partial charge in [0.25, 0.3) is 0 Å². The van der Waals surface area contributed by atoms with E-state index in [4.69, 9.17) is 14.6 Å². The molecule has 0 aliphatic carbocycles. The van der Waals surface area contributed by atoms with E-state index >= 15 is 0 Å². The number of aliphatic carboxylic acids is 1. The number of benzene rings is 1. The molecule has 0 spiro atoms. The maximum absolute atomic E-state index is 10.6. The molecule has 1 N–H and O–H groups in total. The van der Waals surface area contributed by atoms with E-state index in [1.807, 2.05) is 17.5 Å². The van der Waals surface area contributed by atoms with Crippen molar-refractivity contribution in [1.82, 2.24) is 4.98 Å². The summed E-state index contributed by atoms with van der Waals surface area (Å²) in [7, 11) is 3.16. The molecule has 1 aromatic heterocycles. The van der Waals surface area contributed by atoms with Crippen molar-refractivity contribution in [3.63, 3.8) is 0 Å². The molecule has 0 amide bonds. The summed E-state index contributed by atoms with van der Waals surface area (Å²) in [5.41, 5.74) is 1.67. The van der Waals surface area contributed by atoms with Gasteiger partial charge in [0, 0.05) is 21.8 Å². The van der Waals surface area contributed by atoms with Gasteiger partial charge in [-0.2, -0.15) is 0 Å². The van der Waals surface area contributed by atoms with E-state index in [1.165, 1.54) is 11.3 Å². The van der Waals surface area contributed by atoms with Gasteiger partial charge >= 0.3 is 5.97 Å². The van der Waals surface area contributed by atoms with Crippen molar-refractivity contribution in [3.8, 4) is 22.1 Å². The Morgan fingerprint density at radius 2 is 2.00 bits per heavy atom. The van der Waals surface area contributed by atoms with Crippen molar-refractivity contribution in [2.75, 3.05) is 14.2 Å². The summed E-state index contributed by atoms with van der Waals surface area (Å²) >= 11 is 4.97. The molecule has 0 atom stereocenters.